The van der Waals surface area contributed by atoms with Gasteiger partial charge in [-0.3, -0.25) is 0 Å². The summed E-state index contributed by atoms with van der Waals surface area (Å²) in [7, 11) is 1.28. The van der Waals surface area contributed by atoms with Crippen LogP contribution in [0.25, 0.3) is 0 Å². The Balaban J connectivity index is 3.51. The molecule has 0 aliphatic rings. The van der Waals surface area contributed by atoms with Gasteiger partial charge in [0.2, 0.25) is 0 Å². The van der Waals surface area contributed by atoms with Crippen molar-refractivity contribution in [1.29, 1.82) is 0 Å². The van der Waals surface area contributed by atoms with Crippen molar-refractivity contribution >= 4 is 5.97 Å². The third-order valence-corrected chi connectivity index (χ3v) is 2.58. The molecule has 0 heterocycles. The molecule has 17 heavy (non-hydrogen) atoms. The second-order valence-corrected chi connectivity index (χ2v) is 4.20. The normalized spacial score (nSPS) is 13.5. The lowest BCUT2D eigenvalue weighted by molar-refractivity contribution is -0.135. The molecule has 4 heteroatoms. The molecule has 0 radical (unpaired) electrons. The quantitative estimate of drug-likeness (QED) is 0.283. The molecule has 0 aliphatic heterocycles. The lowest BCUT2D eigenvalue weighted by Gasteiger charge is -2.08. The lowest BCUT2D eigenvalue weighted by Crippen LogP contribution is -2.05. The van der Waals surface area contributed by atoms with E-state index in [0.717, 1.165) is 44.6 Å². The molecule has 0 saturated carbocycles. The average Bonchev–Trinajstić information content (AvgIpc) is 2.28. The van der Waals surface area contributed by atoms with Gasteiger partial charge in [0.25, 0.3) is 0 Å². The topological polar surface area (TPSA) is 66.8 Å². The van der Waals surface area contributed by atoms with Gasteiger partial charge in [-0.05, 0) is 19.3 Å². The van der Waals surface area contributed by atoms with Crippen LogP contribution in [0.1, 0.15) is 51.9 Å². The van der Waals surface area contributed by atoms with E-state index in [2.05, 4.69) is 11.7 Å². The first kappa shape index (κ1) is 16.0. The van der Waals surface area contributed by atoms with Gasteiger partial charge in [0, 0.05) is 6.42 Å². The molecule has 0 saturated heterocycles. The fourth-order valence-corrected chi connectivity index (χ4v) is 1.61. The highest BCUT2D eigenvalue weighted by Gasteiger charge is 2.03. The van der Waals surface area contributed by atoms with Gasteiger partial charge in [0.15, 0.2) is 0 Å². The molecule has 0 spiro atoms. The van der Waals surface area contributed by atoms with Crippen LogP contribution < -0.4 is 0 Å². The average molecular weight is 244 g/mol. The van der Waals surface area contributed by atoms with Crippen molar-refractivity contribution in [2.24, 2.45) is 0 Å². The van der Waals surface area contributed by atoms with Gasteiger partial charge in [-0.2, -0.15) is 0 Å². The summed E-state index contributed by atoms with van der Waals surface area (Å²) in [4.78, 5) is 10.8. The SMILES string of the molecule is CCCC(O)CCCCCC(O)=CC(=O)OC. The van der Waals surface area contributed by atoms with Crippen molar-refractivity contribution in [3.05, 3.63) is 11.8 Å². The van der Waals surface area contributed by atoms with E-state index in [-0.39, 0.29) is 11.9 Å². The van der Waals surface area contributed by atoms with Crippen molar-refractivity contribution < 1.29 is 19.7 Å². The van der Waals surface area contributed by atoms with E-state index >= 15 is 0 Å². The summed E-state index contributed by atoms with van der Waals surface area (Å²) in [6.45, 7) is 2.05. The fraction of sp³-hybridized carbons (Fsp3) is 0.769. The predicted molar refractivity (Wildman–Crippen MR) is 66.7 cm³/mol. The number of esters is 1. The van der Waals surface area contributed by atoms with Crippen LogP contribution in [0.5, 0.6) is 0 Å². The lowest BCUT2D eigenvalue weighted by atomic mass is 10.1. The molecule has 0 aromatic carbocycles. The highest BCUT2D eigenvalue weighted by Crippen LogP contribution is 2.11. The molecule has 0 aromatic rings. The molecule has 0 bridgehead atoms. The zero-order valence-corrected chi connectivity index (χ0v) is 10.8. The Morgan fingerprint density at radius 3 is 2.59 bits per heavy atom. The Kier molecular flexibility index (Phi) is 9.53. The zero-order chi connectivity index (χ0) is 13.1. The Bertz CT molecular complexity index is 236. The van der Waals surface area contributed by atoms with Gasteiger partial charge in [-0.1, -0.05) is 26.2 Å². The van der Waals surface area contributed by atoms with Crippen LogP contribution in [0.2, 0.25) is 0 Å². The molecule has 1 atom stereocenters. The molecular weight excluding hydrogens is 220 g/mol. The maximum Gasteiger partial charge on any atom is 0.333 e. The van der Waals surface area contributed by atoms with Crippen LogP contribution in [0.3, 0.4) is 0 Å². The molecule has 4 nitrogen and oxygen atoms in total. The molecule has 0 rings (SSSR count). The Hall–Kier alpha value is -1.03. The molecular formula is C13H24O4. The van der Waals surface area contributed by atoms with E-state index in [9.17, 15) is 15.0 Å². The Labute approximate surface area is 103 Å². The molecule has 2 N–H and O–H groups in total. The van der Waals surface area contributed by atoms with Crippen LogP contribution in [-0.2, 0) is 9.53 Å². The smallest absolute Gasteiger partial charge is 0.333 e. The maximum absolute atomic E-state index is 10.8. The second-order valence-electron chi connectivity index (χ2n) is 4.20. The summed E-state index contributed by atoms with van der Waals surface area (Å²) >= 11 is 0. The number of unbranched alkanes of at least 4 members (excludes halogenated alkanes) is 2. The summed E-state index contributed by atoms with van der Waals surface area (Å²) in [5.74, 6) is -0.466. The van der Waals surface area contributed by atoms with Crippen LogP contribution in [0, 0.1) is 0 Å². The van der Waals surface area contributed by atoms with Gasteiger partial charge in [0.05, 0.1) is 25.0 Å². The number of allylic oxidation sites excluding steroid dienone is 1. The third kappa shape index (κ3) is 9.87. The van der Waals surface area contributed by atoms with Gasteiger partial charge < -0.3 is 14.9 Å². The largest absolute Gasteiger partial charge is 0.512 e. The van der Waals surface area contributed by atoms with E-state index in [1.165, 1.54) is 7.11 Å². The first-order chi connectivity index (χ1) is 8.10. The number of aliphatic hydroxyl groups excluding tert-OH is 2. The van der Waals surface area contributed by atoms with Crippen LogP contribution in [0.15, 0.2) is 11.8 Å². The summed E-state index contributed by atoms with van der Waals surface area (Å²) in [6.07, 6.45) is 6.78. The number of hydrogen-bond donors (Lipinski definition) is 2. The first-order valence-corrected chi connectivity index (χ1v) is 6.25. The summed E-state index contributed by atoms with van der Waals surface area (Å²) in [5, 5.41) is 18.8. The van der Waals surface area contributed by atoms with Crippen LogP contribution in [-0.4, -0.2) is 29.4 Å². The van der Waals surface area contributed by atoms with Crippen molar-refractivity contribution in [2.75, 3.05) is 7.11 Å². The minimum absolute atomic E-state index is 0.0611. The van der Waals surface area contributed by atoms with Crippen molar-refractivity contribution in [3.8, 4) is 0 Å². The summed E-state index contributed by atoms with van der Waals surface area (Å²) in [5.41, 5.74) is 0. The van der Waals surface area contributed by atoms with Gasteiger partial charge >= 0.3 is 5.97 Å². The molecule has 100 valence electrons. The van der Waals surface area contributed by atoms with Crippen LogP contribution >= 0.6 is 0 Å². The molecule has 0 aromatic heterocycles. The number of hydrogen-bond acceptors (Lipinski definition) is 4. The van der Waals surface area contributed by atoms with E-state index in [4.69, 9.17) is 0 Å². The van der Waals surface area contributed by atoms with E-state index in [1.807, 2.05) is 0 Å². The maximum atomic E-state index is 10.8. The first-order valence-electron chi connectivity index (χ1n) is 6.25. The molecule has 0 amide bonds. The number of carbonyl (C=O) groups is 1. The van der Waals surface area contributed by atoms with Crippen LogP contribution in [0.4, 0.5) is 0 Å². The van der Waals surface area contributed by atoms with Crippen molar-refractivity contribution in [2.45, 2.75) is 58.0 Å². The minimum Gasteiger partial charge on any atom is -0.512 e. The molecule has 0 aliphatic carbocycles. The number of ether oxygens (including phenoxy) is 1. The van der Waals surface area contributed by atoms with E-state index < -0.39 is 5.97 Å². The predicted octanol–water partition coefficient (Wildman–Crippen LogP) is 2.71. The van der Waals surface area contributed by atoms with Gasteiger partial charge in [0.1, 0.15) is 0 Å². The standard InChI is InChI=1S/C13H24O4/c1-3-7-11(14)8-5-4-6-9-12(15)10-13(16)17-2/h10-11,14-15H,3-9H2,1-2H3. The zero-order valence-electron chi connectivity index (χ0n) is 10.8. The minimum atomic E-state index is -0.527. The second kappa shape index (κ2) is 10.1. The Morgan fingerprint density at radius 2 is 2.00 bits per heavy atom. The number of carbonyl (C=O) groups excluding carboxylic acids is 1. The number of rotatable bonds is 9. The highest BCUT2D eigenvalue weighted by atomic mass is 16.5. The number of methoxy groups -OCH3 is 1. The van der Waals surface area contributed by atoms with Gasteiger partial charge in [-0.25, -0.2) is 4.79 Å². The summed E-state index contributed by atoms with van der Waals surface area (Å²) in [6, 6.07) is 0. The molecule has 1 unspecified atom stereocenters. The number of aliphatic hydroxyl groups is 2. The van der Waals surface area contributed by atoms with E-state index in [1.54, 1.807) is 0 Å². The molecule has 0 fully saturated rings. The van der Waals surface area contributed by atoms with E-state index in [0.29, 0.717) is 6.42 Å². The third-order valence-electron chi connectivity index (χ3n) is 2.58. The van der Waals surface area contributed by atoms with Crippen molar-refractivity contribution in [3.63, 3.8) is 0 Å². The summed E-state index contributed by atoms with van der Waals surface area (Å²) < 4.78 is 4.40. The Morgan fingerprint density at radius 1 is 1.29 bits per heavy atom. The van der Waals surface area contributed by atoms with Gasteiger partial charge in [-0.15, -0.1) is 0 Å². The monoisotopic (exact) mass is 244 g/mol. The highest BCUT2D eigenvalue weighted by molar-refractivity contribution is 5.82. The fourth-order valence-electron chi connectivity index (χ4n) is 1.61. The van der Waals surface area contributed by atoms with Crippen molar-refractivity contribution in [1.82, 2.24) is 0 Å².